The maximum absolute atomic E-state index is 12.1. The molecule has 0 radical (unpaired) electrons. The largest absolute Gasteiger partial charge is 0.467 e. The Morgan fingerprint density at radius 2 is 1.43 bits per heavy atom. The van der Waals surface area contributed by atoms with E-state index in [0.29, 0.717) is 12.2 Å². The molecule has 0 bridgehead atoms. The van der Waals surface area contributed by atoms with E-state index >= 15 is 0 Å². The molecule has 1 aliphatic rings. The lowest BCUT2D eigenvalue weighted by Gasteiger charge is -2.44. The zero-order chi connectivity index (χ0) is 32.0. The van der Waals surface area contributed by atoms with E-state index in [0.717, 1.165) is 20.8 Å². The second kappa shape index (κ2) is 17.8. The van der Waals surface area contributed by atoms with Gasteiger partial charge in [0.25, 0.3) is 0 Å². The van der Waals surface area contributed by atoms with Gasteiger partial charge in [-0.2, -0.15) is 11.8 Å². The molecule has 0 aromatic rings. The predicted molar refractivity (Wildman–Crippen MR) is 145 cm³/mol. The fraction of sp³-hybridized carbons (Fsp3) is 0.769. The highest BCUT2D eigenvalue weighted by Crippen LogP contribution is 2.30. The lowest BCUT2D eigenvalue weighted by molar-refractivity contribution is -0.308. The Morgan fingerprint density at radius 1 is 0.857 bits per heavy atom. The zero-order valence-corrected chi connectivity index (χ0v) is 25.9. The second-order valence-corrected chi connectivity index (χ2v) is 11.2. The van der Waals surface area contributed by atoms with Gasteiger partial charge in [0, 0.05) is 33.4 Å². The highest BCUT2D eigenvalue weighted by atomic mass is 32.2. The van der Waals surface area contributed by atoms with E-state index in [1.165, 1.54) is 25.8 Å². The van der Waals surface area contributed by atoms with E-state index in [2.05, 4.69) is 5.32 Å². The number of thioether (sulfide) groups is 1. The number of carbonyl (C=O) groups is 6. The van der Waals surface area contributed by atoms with Crippen LogP contribution < -0.4 is 5.32 Å². The van der Waals surface area contributed by atoms with Gasteiger partial charge in [-0.3, -0.25) is 19.2 Å². The number of hydrogen-bond donors (Lipinski definition) is 1. The fourth-order valence-electron chi connectivity index (χ4n) is 3.65. The van der Waals surface area contributed by atoms with Crippen LogP contribution in [0.3, 0.4) is 0 Å². The van der Waals surface area contributed by atoms with Gasteiger partial charge in [-0.05, 0) is 32.9 Å². The first-order valence-electron chi connectivity index (χ1n) is 13.1. The van der Waals surface area contributed by atoms with Crippen molar-refractivity contribution >= 4 is 47.7 Å². The topological polar surface area (TPSA) is 188 Å². The average Bonchev–Trinajstić information content (AvgIpc) is 2.84. The molecular formula is C26H41NO14S. The van der Waals surface area contributed by atoms with Crippen molar-refractivity contribution < 1.29 is 66.7 Å². The van der Waals surface area contributed by atoms with Gasteiger partial charge < -0.3 is 43.2 Å². The van der Waals surface area contributed by atoms with Crippen LogP contribution in [0.25, 0.3) is 0 Å². The number of esters is 5. The molecule has 1 amide bonds. The number of methoxy groups -OCH3 is 1. The number of alkyl carbamates (subject to hydrolysis) is 1. The number of ether oxygens (including phenoxy) is 8. The van der Waals surface area contributed by atoms with Crippen LogP contribution in [0.15, 0.2) is 0 Å². The Morgan fingerprint density at radius 3 is 1.95 bits per heavy atom. The van der Waals surface area contributed by atoms with Crippen LogP contribution in [0.2, 0.25) is 0 Å². The van der Waals surface area contributed by atoms with E-state index in [1.807, 2.05) is 0 Å². The third kappa shape index (κ3) is 14.2. The van der Waals surface area contributed by atoms with Crippen LogP contribution >= 0.6 is 11.8 Å². The molecule has 42 heavy (non-hydrogen) atoms. The number of nitrogens with one attached hydrogen (secondary N) is 1. The van der Waals surface area contributed by atoms with E-state index in [9.17, 15) is 28.8 Å². The molecule has 0 aliphatic carbocycles. The van der Waals surface area contributed by atoms with Crippen LogP contribution in [0.1, 0.15) is 54.9 Å². The Hall–Kier alpha value is -3.11. The minimum Gasteiger partial charge on any atom is -0.467 e. The molecule has 0 aromatic heterocycles. The van der Waals surface area contributed by atoms with E-state index in [4.69, 9.17) is 37.9 Å². The van der Waals surface area contributed by atoms with Gasteiger partial charge in [-0.1, -0.05) is 0 Å². The smallest absolute Gasteiger partial charge is 0.408 e. The van der Waals surface area contributed by atoms with Crippen LogP contribution in [-0.2, 0) is 61.9 Å². The van der Waals surface area contributed by atoms with Crippen molar-refractivity contribution in [2.24, 2.45) is 0 Å². The van der Waals surface area contributed by atoms with Crippen LogP contribution in [0, 0.1) is 0 Å². The SMILES string of the molecule is COC(=O)[C@H](CSCCCO[C@@H]1O[C@H](COC(C)=O)[C@@H](OC(C)=O)[C@H](OC(C)=O)[C@H]1OC(C)=O)NC(=O)OC(C)(C)C. The van der Waals surface area contributed by atoms with Crippen LogP contribution in [-0.4, -0.2) is 110 Å². The van der Waals surface area contributed by atoms with Crippen LogP contribution in [0.5, 0.6) is 0 Å². The van der Waals surface area contributed by atoms with Crippen molar-refractivity contribution in [2.75, 3.05) is 31.8 Å². The Bertz CT molecular complexity index is 952. The van der Waals surface area contributed by atoms with Crippen molar-refractivity contribution in [1.29, 1.82) is 0 Å². The molecule has 0 unspecified atom stereocenters. The summed E-state index contributed by atoms with van der Waals surface area (Å²) in [4.78, 5) is 71.2. The normalized spacial score (nSPS) is 22.6. The van der Waals surface area contributed by atoms with Gasteiger partial charge in [0.1, 0.15) is 24.4 Å². The minimum absolute atomic E-state index is 0.0587. The molecule has 1 fully saturated rings. The maximum Gasteiger partial charge on any atom is 0.408 e. The van der Waals surface area contributed by atoms with Crippen LogP contribution in [0.4, 0.5) is 4.79 Å². The van der Waals surface area contributed by atoms with Crippen molar-refractivity contribution in [3.63, 3.8) is 0 Å². The van der Waals surface area contributed by atoms with Crippen molar-refractivity contribution in [1.82, 2.24) is 5.32 Å². The quantitative estimate of drug-likeness (QED) is 0.165. The third-order valence-electron chi connectivity index (χ3n) is 5.12. The van der Waals surface area contributed by atoms with Gasteiger partial charge in [-0.25, -0.2) is 9.59 Å². The highest BCUT2D eigenvalue weighted by Gasteiger charge is 2.52. The first-order valence-corrected chi connectivity index (χ1v) is 14.3. The molecule has 16 heteroatoms. The van der Waals surface area contributed by atoms with E-state index < -0.39 is 78.3 Å². The molecule has 1 N–H and O–H groups in total. The molecule has 0 spiro atoms. The summed E-state index contributed by atoms with van der Waals surface area (Å²) in [6.07, 6.45) is -6.68. The molecule has 1 aliphatic heterocycles. The molecule has 1 rings (SSSR count). The van der Waals surface area contributed by atoms with Gasteiger partial charge >= 0.3 is 35.9 Å². The Labute approximate surface area is 248 Å². The number of hydrogen-bond acceptors (Lipinski definition) is 15. The molecule has 1 heterocycles. The van der Waals surface area contributed by atoms with Gasteiger partial charge in [-0.15, -0.1) is 0 Å². The summed E-state index contributed by atoms with van der Waals surface area (Å²) in [6.45, 7) is 9.33. The van der Waals surface area contributed by atoms with Crippen molar-refractivity contribution in [3.8, 4) is 0 Å². The summed E-state index contributed by atoms with van der Waals surface area (Å²) in [5.74, 6) is -2.85. The van der Waals surface area contributed by atoms with Gasteiger partial charge in [0.05, 0.1) is 13.7 Å². The summed E-state index contributed by atoms with van der Waals surface area (Å²) >= 11 is 1.33. The van der Waals surface area contributed by atoms with E-state index in [1.54, 1.807) is 20.8 Å². The molecule has 15 nitrogen and oxygen atoms in total. The summed E-state index contributed by atoms with van der Waals surface area (Å²) in [7, 11) is 1.21. The first kappa shape index (κ1) is 36.9. The second-order valence-electron chi connectivity index (χ2n) is 10.1. The van der Waals surface area contributed by atoms with Crippen molar-refractivity contribution in [3.05, 3.63) is 0 Å². The number of carbonyl (C=O) groups excluding carboxylic acids is 6. The summed E-state index contributed by atoms with van der Waals surface area (Å²) < 4.78 is 42.7. The first-order chi connectivity index (χ1) is 19.5. The summed E-state index contributed by atoms with van der Waals surface area (Å²) in [6, 6.07) is -0.949. The molecule has 6 atom stereocenters. The summed E-state index contributed by atoms with van der Waals surface area (Å²) in [5.41, 5.74) is -0.746. The standard InChI is InChI=1S/C26H41NO14S/c1-14(28)36-12-19-20(37-15(2)29)21(38-16(3)30)22(39-17(4)31)24(40-19)35-10-9-11-42-13-18(23(32)34-8)27-25(33)41-26(5,6)7/h18-22,24H,9-13H2,1-8H3,(H,27,33)/t18-,19+,20+,21-,22+,24+/m0/s1. The molecular weight excluding hydrogens is 582 g/mol. The molecule has 0 saturated carbocycles. The average molecular weight is 624 g/mol. The monoisotopic (exact) mass is 623 g/mol. The van der Waals surface area contributed by atoms with Gasteiger partial charge in [0.2, 0.25) is 0 Å². The summed E-state index contributed by atoms with van der Waals surface area (Å²) in [5, 5.41) is 2.48. The predicted octanol–water partition coefficient (Wildman–Crippen LogP) is 1.28. The maximum atomic E-state index is 12.1. The molecule has 240 valence electrons. The lowest BCUT2D eigenvalue weighted by Crippen LogP contribution is -2.63. The fourth-order valence-corrected chi connectivity index (χ4v) is 4.59. The Kier molecular flexibility index (Phi) is 15.6. The van der Waals surface area contributed by atoms with Gasteiger partial charge in [0.15, 0.2) is 24.6 Å². The minimum atomic E-state index is -1.33. The molecule has 0 aromatic carbocycles. The Balaban J connectivity index is 2.90. The third-order valence-corrected chi connectivity index (χ3v) is 6.27. The molecule has 1 saturated heterocycles. The number of rotatable bonds is 14. The van der Waals surface area contributed by atoms with Crippen molar-refractivity contribution in [2.45, 2.75) is 97.2 Å². The number of amides is 1. The highest BCUT2D eigenvalue weighted by molar-refractivity contribution is 7.99. The lowest BCUT2D eigenvalue weighted by atomic mass is 9.98. The van der Waals surface area contributed by atoms with E-state index in [-0.39, 0.29) is 19.0 Å². The zero-order valence-electron chi connectivity index (χ0n) is 25.1.